The van der Waals surface area contributed by atoms with Crippen molar-refractivity contribution in [2.45, 2.75) is 32.6 Å². The number of carbonyl (C=O) groups excluding carboxylic acids is 1. The maximum absolute atomic E-state index is 11.5. The van der Waals surface area contributed by atoms with Crippen molar-refractivity contribution in [2.75, 3.05) is 6.61 Å². The zero-order chi connectivity index (χ0) is 11.1. The zero-order valence-corrected chi connectivity index (χ0v) is 11.2. The summed E-state index contributed by atoms with van der Waals surface area (Å²) in [5, 5.41) is 1.87. The summed E-state index contributed by atoms with van der Waals surface area (Å²) in [6, 6.07) is 1.78. The Morgan fingerprint density at radius 1 is 1.47 bits per heavy atom. The highest BCUT2D eigenvalue weighted by Gasteiger charge is 2.11. The van der Waals surface area contributed by atoms with E-state index < -0.39 is 0 Å². The van der Waals surface area contributed by atoms with Crippen molar-refractivity contribution < 1.29 is 9.53 Å². The fourth-order valence-corrected chi connectivity index (χ4v) is 2.43. The molecule has 0 aromatic carbocycles. The Balaban J connectivity index is 2.22. The lowest BCUT2D eigenvalue weighted by molar-refractivity contribution is 0.0497. The van der Waals surface area contributed by atoms with Crippen LogP contribution in [0, 0.1) is 0 Å². The summed E-state index contributed by atoms with van der Waals surface area (Å²) in [6.45, 7) is 2.69. The summed E-state index contributed by atoms with van der Waals surface area (Å²) in [5.74, 6) is -0.223. The van der Waals surface area contributed by atoms with Gasteiger partial charge in [0.25, 0.3) is 0 Å². The Bertz CT molecular complexity index is 309. The molecule has 0 aliphatic rings. The normalized spacial score (nSPS) is 10.3. The van der Waals surface area contributed by atoms with Gasteiger partial charge in [0.05, 0.1) is 16.0 Å². The molecule has 0 aliphatic carbocycles. The van der Waals surface area contributed by atoms with Gasteiger partial charge in [-0.1, -0.05) is 26.2 Å². The van der Waals surface area contributed by atoms with Gasteiger partial charge in [-0.3, -0.25) is 0 Å². The Kier molecular flexibility index (Phi) is 5.95. The van der Waals surface area contributed by atoms with Crippen LogP contribution in [0.1, 0.15) is 43.0 Å². The first-order chi connectivity index (χ1) is 7.25. The van der Waals surface area contributed by atoms with E-state index in [-0.39, 0.29) is 5.97 Å². The summed E-state index contributed by atoms with van der Waals surface area (Å²) >= 11 is 4.81. The molecule has 1 rings (SSSR count). The molecule has 1 aromatic rings. The number of rotatable bonds is 6. The van der Waals surface area contributed by atoms with Crippen LogP contribution in [0.15, 0.2) is 15.2 Å². The van der Waals surface area contributed by atoms with E-state index in [9.17, 15) is 4.79 Å². The average molecular weight is 291 g/mol. The van der Waals surface area contributed by atoms with Crippen molar-refractivity contribution in [2.24, 2.45) is 0 Å². The van der Waals surface area contributed by atoms with E-state index in [1.165, 1.54) is 24.2 Å². The third kappa shape index (κ3) is 4.34. The molecule has 15 heavy (non-hydrogen) atoms. The third-order valence-electron chi connectivity index (χ3n) is 2.07. The quantitative estimate of drug-likeness (QED) is 0.578. The summed E-state index contributed by atoms with van der Waals surface area (Å²) in [5.41, 5.74) is 0.635. The van der Waals surface area contributed by atoms with E-state index in [2.05, 4.69) is 22.9 Å². The van der Waals surface area contributed by atoms with Gasteiger partial charge in [-0.15, -0.1) is 11.3 Å². The van der Waals surface area contributed by atoms with Gasteiger partial charge in [-0.05, 0) is 33.8 Å². The lowest BCUT2D eigenvalue weighted by atomic mass is 10.2. The number of hydrogen-bond acceptors (Lipinski definition) is 3. The second-order valence-corrected chi connectivity index (χ2v) is 5.54. The maximum atomic E-state index is 11.5. The van der Waals surface area contributed by atoms with Crippen LogP contribution >= 0.6 is 27.3 Å². The fourth-order valence-electron chi connectivity index (χ4n) is 1.21. The number of hydrogen-bond donors (Lipinski definition) is 0. The molecule has 0 amide bonds. The minimum atomic E-state index is -0.223. The van der Waals surface area contributed by atoms with Crippen LogP contribution in [-0.4, -0.2) is 12.6 Å². The van der Waals surface area contributed by atoms with Gasteiger partial charge in [0.15, 0.2) is 0 Å². The first-order valence-corrected chi connectivity index (χ1v) is 6.83. The van der Waals surface area contributed by atoms with Crippen LogP contribution in [0.25, 0.3) is 0 Å². The van der Waals surface area contributed by atoms with Crippen molar-refractivity contribution in [1.82, 2.24) is 0 Å². The third-order valence-corrected chi connectivity index (χ3v) is 3.76. The maximum Gasteiger partial charge on any atom is 0.340 e. The number of carbonyl (C=O) groups is 1. The number of esters is 1. The summed E-state index contributed by atoms with van der Waals surface area (Å²) < 4.78 is 6.00. The standard InChI is InChI=1S/C11H15BrO2S/c1-2-3-4-5-7-14-11(13)9-6-8-15-10(9)12/h6,8H,2-5,7H2,1H3. The van der Waals surface area contributed by atoms with Crippen molar-refractivity contribution in [3.63, 3.8) is 0 Å². The van der Waals surface area contributed by atoms with Crippen LogP contribution in [0.3, 0.4) is 0 Å². The molecule has 0 atom stereocenters. The summed E-state index contributed by atoms with van der Waals surface area (Å²) in [4.78, 5) is 11.5. The van der Waals surface area contributed by atoms with Gasteiger partial charge in [0, 0.05) is 0 Å². The van der Waals surface area contributed by atoms with Crippen molar-refractivity contribution >= 4 is 33.2 Å². The average Bonchev–Trinajstić information content (AvgIpc) is 2.64. The number of ether oxygens (including phenoxy) is 1. The number of thiophene rings is 1. The van der Waals surface area contributed by atoms with Crippen LogP contribution in [-0.2, 0) is 4.74 Å². The molecule has 4 heteroatoms. The van der Waals surface area contributed by atoms with E-state index in [1.807, 2.05) is 5.38 Å². The Hall–Kier alpha value is -0.350. The zero-order valence-electron chi connectivity index (χ0n) is 8.79. The van der Waals surface area contributed by atoms with Crippen LogP contribution in [0.2, 0.25) is 0 Å². The van der Waals surface area contributed by atoms with E-state index in [0.717, 1.165) is 16.6 Å². The molecule has 0 unspecified atom stereocenters. The topological polar surface area (TPSA) is 26.3 Å². The molecule has 0 spiro atoms. The fraction of sp³-hybridized carbons (Fsp3) is 0.545. The highest BCUT2D eigenvalue weighted by molar-refractivity contribution is 9.11. The van der Waals surface area contributed by atoms with E-state index in [0.29, 0.717) is 12.2 Å². The molecule has 0 N–H and O–H groups in total. The SMILES string of the molecule is CCCCCCOC(=O)c1ccsc1Br. The summed E-state index contributed by atoms with van der Waals surface area (Å²) in [6.07, 6.45) is 4.50. The molecule has 0 radical (unpaired) electrons. The Labute approximate surface area is 103 Å². The van der Waals surface area contributed by atoms with E-state index in [1.54, 1.807) is 6.07 Å². The molecule has 0 fully saturated rings. The molecule has 84 valence electrons. The van der Waals surface area contributed by atoms with Gasteiger partial charge < -0.3 is 4.74 Å². The molecule has 0 aliphatic heterocycles. The molecule has 0 saturated carbocycles. The van der Waals surface area contributed by atoms with Gasteiger partial charge in [0.2, 0.25) is 0 Å². The van der Waals surface area contributed by atoms with Gasteiger partial charge in [0.1, 0.15) is 0 Å². The monoisotopic (exact) mass is 290 g/mol. The lowest BCUT2D eigenvalue weighted by Crippen LogP contribution is -2.05. The first-order valence-electron chi connectivity index (χ1n) is 5.15. The van der Waals surface area contributed by atoms with Crippen LogP contribution < -0.4 is 0 Å². The van der Waals surface area contributed by atoms with Crippen LogP contribution in [0.5, 0.6) is 0 Å². The molecule has 0 saturated heterocycles. The minimum absolute atomic E-state index is 0.223. The highest BCUT2D eigenvalue weighted by Crippen LogP contribution is 2.23. The molecular formula is C11H15BrO2S. The van der Waals surface area contributed by atoms with Crippen molar-refractivity contribution in [1.29, 1.82) is 0 Å². The largest absolute Gasteiger partial charge is 0.462 e. The second-order valence-electron chi connectivity index (χ2n) is 3.30. The van der Waals surface area contributed by atoms with Gasteiger partial charge in [-0.25, -0.2) is 4.79 Å². The van der Waals surface area contributed by atoms with Crippen LogP contribution in [0.4, 0.5) is 0 Å². The van der Waals surface area contributed by atoms with Gasteiger partial charge >= 0.3 is 5.97 Å². The molecular weight excluding hydrogens is 276 g/mol. The summed E-state index contributed by atoms with van der Waals surface area (Å²) in [7, 11) is 0. The Morgan fingerprint density at radius 3 is 2.87 bits per heavy atom. The van der Waals surface area contributed by atoms with Gasteiger partial charge in [-0.2, -0.15) is 0 Å². The van der Waals surface area contributed by atoms with Crippen molar-refractivity contribution in [3.05, 3.63) is 20.8 Å². The van der Waals surface area contributed by atoms with E-state index >= 15 is 0 Å². The van der Waals surface area contributed by atoms with Crippen molar-refractivity contribution in [3.8, 4) is 0 Å². The molecule has 0 bridgehead atoms. The minimum Gasteiger partial charge on any atom is -0.462 e. The number of unbranched alkanes of at least 4 members (excludes halogenated alkanes) is 3. The second kappa shape index (κ2) is 7.01. The number of halogens is 1. The molecule has 1 aromatic heterocycles. The lowest BCUT2D eigenvalue weighted by Gasteiger charge is -2.03. The molecule has 1 heterocycles. The van der Waals surface area contributed by atoms with E-state index in [4.69, 9.17) is 4.74 Å². The Morgan fingerprint density at radius 2 is 2.27 bits per heavy atom. The smallest absolute Gasteiger partial charge is 0.340 e. The molecule has 2 nitrogen and oxygen atoms in total. The first kappa shape index (κ1) is 12.7. The predicted octanol–water partition coefficient (Wildman–Crippen LogP) is 4.25. The highest BCUT2D eigenvalue weighted by atomic mass is 79.9. The predicted molar refractivity (Wildman–Crippen MR) is 66.4 cm³/mol.